The Kier molecular flexibility index (Phi) is 8.77. The molecule has 0 heterocycles. The summed E-state index contributed by atoms with van der Waals surface area (Å²) in [5.41, 5.74) is 2.60. The summed E-state index contributed by atoms with van der Waals surface area (Å²) in [5.74, 6) is 0. The largest absolute Gasteiger partial charge is 0.445 e. The predicted molar refractivity (Wildman–Crippen MR) is 104 cm³/mol. The summed E-state index contributed by atoms with van der Waals surface area (Å²) in [6.45, 7) is 4.00. The minimum absolute atomic E-state index is 0.191. The molecule has 0 aliphatic carbocycles. The average Bonchev–Trinajstić information content (AvgIpc) is 2.71. The van der Waals surface area contributed by atoms with Crippen molar-refractivity contribution in [3.05, 3.63) is 71.3 Å². The standard InChI is InChI=1S/C21H28N2O4/c1-2-22-14-17-9-6-10-18(13-17)20(25)19(24)11-12-23-21(26)27-15-16-7-4-3-5-8-16/h3-10,13,19-20,22,24-25H,2,11-12,14-15H2,1H3,(H,23,26). The number of aliphatic hydroxyl groups excluding tert-OH is 2. The quantitative estimate of drug-likeness (QED) is 0.514. The summed E-state index contributed by atoms with van der Waals surface area (Å²) in [5, 5.41) is 26.4. The molecule has 146 valence electrons. The number of hydrogen-bond acceptors (Lipinski definition) is 5. The molecule has 2 aromatic rings. The maximum atomic E-state index is 11.7. The Labute approximate surface area is 160 Å². The van der Waals surface area contributed by atoms with Gasteiger partial charge >= 0.3 is 6.09 Å². The van der Waals surface area contributed by atoms with Gasteiger partial charge < -0.3 is 25.6 Å². The van der Waals surface area contributed by atoms with Crippen molar-refractivity contribution in [2.75, 3.05) is 13.1 Å². The highest BCUT2D eigenvalue weighted by Gasteiger charge is 2.18. The Balaban J connectivity index is 1.72. The first-order chi connectivity index (χ1) is 13.1. The van der Waals surface area contributed by atoms with E-state index in [9.17, 15) is 15.0 Å². The minimum atomic E-state index is -1.01. The summed E-state index contributed by atoms with van der Waals surface area (Å²) in [6, 6.07) is 16.9. The highest BCUT2D eigenvalue weighted by atomic mass is 16.5. The number of alkyl carbamates (subject to hydrolysis) is 1. The Hall–Kier alpha value is -2.41. The van der Waals surface area contributed by atoms with Crippen molar-refractivity contribution in [2.24, 2.45) is 0 Å². The van der Waals surface area contributed by atoms with E-state index < -0.39 is 18.3 Å². The fourth-order valence-corrected chi connectivity index (χ4v) is 2.63. The normalized spacial score (nSPS) is 13.0. The SMILES string of the molecule is CCNCc1cccc(C(O)C(O)CCNC(=O)OCc2ccccc2)c1. The molecule has 0 bridgehead atoms. The number of benzene rings is 2. The van der Waals surface area contributed by atoms with Gasteiger partial charge in [0.2, 0.25) is 0 Å². The highest BCUT2D eigenvalue weighted by Crippen LogP contribution is 2.20. The van der Waals surface area contributed by atoms with Crippen LogP contribution in [0.15, 0.2) is 54.6 Å². The number of rotatable bonds is 10. The van der Waals surface area contributed by atoms with Gasteiger partial charge in [-0.25, -0.2) is 4.79 Å². The summed E-state index contributed by atoms with van der Waals surface area (Å²) in [7, 11) is 0. The molecule has 27 heavy (non-hydrogen) atoms. The van der Waals surface area contributed by atoms with E-state index in [0.29, 0.717) is 12.1 Å². The van der Waals surface area contributed by atoms with Crippen LogP contribution in [-0.2, 0) is 17.9 Å². The van der Waals surface area contributed by atoms with Crippen molar-refractivity contribution in [1.29, 1.82) is 0 Å². The fourth-order valence-electron chi connectivity index (χ4n) is 2.63. The molecular formula is C21H28N2O4. The van der Waals surface area contributed by atoms with Gasteiger partial charge in [-0.05, 0) is 29.7 Å². The summed E-state index contributed by atoms with van der Waals surface area (Å²) >= 11 is 0. The number of carbonyl (C=O) groups is 1. The second-order valence-corrected chi connectivity index (χ2v) is 6.31. The van der Waals surface area contributed by atoms with E-state index in [1.165, 1.54) is 0 Å². The molecular weight excluding hydrogens is 344 g/mol. The van der Waals surface area contributed by atoms with Crippen LogP contribution in [0.2, 0.25) is 0 Å². The highest BCUT2D eigenvalue weighted by molar-refractivity contribution is 5.67. The van der Waals surface area contributed by atoms with E-state index in [-0.39, 0.29) is 19.6 Å². The smallest absolute Gasteiger partial charge is 0.407 e. The molecule has 0 saturated heterocycles. The lowest BCUT2D eigenvalue weighted by Gasteiger charge is -2.19. The molecule has 2 aromatic carbocycles. The molecule has 6 heteroatoms. The second-order valence-electron chi connectivity index (χ2n) is 6.31. The van der Waals surface area contributed by atoms with Crippen LogP contribution in [0.25, 0.3) is 0 Å². The van der Waals surface area contributed by atoms with E-state index in [1.54, 1.807) is 6.07 Å². The van der Waals surface area contributed by atoms with Crippen LogP contribution in [0.3, 0.4) is 0 Å². The van der Waals surface area contributed by atoms with Crippen LogP contribution >= 0.6 is 0 Å². The predicted octanol–water partition coefficient (Wildman–Crippen LogP) is 2.51. The number of amides is 1. The zero-order chi connectivity index (χ0) is 19.5. The first-order valence-electron chi connectivity index (χ1n) is 9.20. The van der Waals surface area contributed by atoms with Gasteiger partial charge in [-0.2, -0.15) is 0 Å². The number of nitrogens with one attached hydrogen (secondary N) is 2. The van der Waals surface area contributed by atoms with E-state index in [0.717, 1.165) is 17.7 Å². The zero-order valence-corrected chi connectivity index (χ0v) is 15.6. The van der Waals surface area contributed by atoms with Gasteiger partial charge in [-0.1, -0.05) is 61.5 Å². The van der Waals surface area contributed by atoms with Crippen molar-refractivity contribution in [3.63, 3.8) is 0 Å². The minimum Gasteiger partial charge on any atom is -0.445 e. The van der Waals surface area contributed by atoms with Crippen molar-refractivity contribution in [1.82, 2.24) is 10.6 Å². The third-order valence-corrected chi connectivity index (χ3v) is 4.16. The molecule has 4 N–H and O–H groups in total. The Morgan fingerprint density at radius 1 is 1.07 bits per heavy atom. The van der Waals surface area contributed by atoms with Crippen LogP contribution in [0.5, 0.6) is 0 Å². The molecule has 0 aliphatic heterocycles. The van der Waals surface area contributed by atoms with E-state index in [4.69, 9.17) is 4.74 Å². The third kappa shape index (κ3) is 7.38. The van der Waals surface area contributed by atoms with Gasteiger partial charge in [0.25, 0.3) is 0 Å². The van der Waals surface area contributed by atoms with Gasteiger partial charge in [0.05, 0.1) is 6.10 Å². The van der Waals surface area contributed by atoms with Gasteiger partial charge in [0.15, 0.2) is 0 Å². The van der Waals surface area contributed by atoms with Crippen LogP contribution in [0, 0.1) is 0 Å². The molecule has 2 rings (SSSR count). The van der Waals surface area contributed by atoms with Crippen molar-refractivity contribution in [3.8, 4) is 0 Å². The fraction of sp³-hybridized carbons (Fsp3) is 0.381. The van der Waals surface area contributed by atoms with E-state index in [2.05, 4.69) is 10.6 Å². The Morgan fingerprint density at radius 3 is 2.56 bits per heavy atom. The molecule has 0 aliphatic rings. The topological polar surface area (TPSA) is 90.8 Å². The van der Waals surface area contributed by atoms with Gasteiger partial charge in [0, 0.05) is 13.1 Å². The Morgan fingerprint density at radius 2 is 1.81 bits per heavy atom. The van der Waals surface area contributed by atoms with Gasteiger partial charge in [-0.3, -0.25) is 0 Å². The zero-order valence-electron chi connectivity index (χ0n) is 15.6. The molecule has 0 saturated carbocycles. The number of ether oxygens (including phenoxy) is 1. The number of carbonyl (C=O) groups excluding carboxylic acids is 1. The lowest BCUT2D eigenvalue weighted by molar-refractivity contribution is 0.0136. The van der Waals surface area contributed by atoms with E-state index in [1.807, 2.05) is 55.5 Å². The third-order valence-electron chi connectivity index (χ3n) is 4.16. The molecule has 0 spiro atoms. The van der Waals surface area contributed by atoms with Gasteiger partial charge in [-0.15, -0.1) is 0 Å². The monoisotopic (exact) mass is 372 g/mol. The summed E-state index contributed by atoms with van der Waals surface area (Å²) < 4.78 is 5.11. The number of aliphatic hydroxyl groups is 2. The lowest BCUT2D eigenvalue weighted by Crippen LogP contribution is -2.29. The molecule has 2 unspecified atom stereocenters. The lowest BCUT2D eigenvalue weighted by atomic mass is 10.00. The van der Waals surface area contributed by atoms with Crippen LogP contribution < -0.4 is 10.6 Å². The maximum absolute atomic E-state index is 11.7. The first kappa shape index (κ1) is 20.9. The van der Waals surface area contributed by atoms with Gasteiger partial charge in [0.1, 0.15) is 12.7 Å². The maximum Gasteiger partial charge on any atom is 0.407 e. The summed E-state index contributed by atoms with van der Waals surface area (Å²) in [4.78, 5) is 11.7. The van der Waals surface area contributed by atoms with E-state index >= 15 is 0 Å². The Bertz CT molecular complexity index is 694. The number of hydrogen-bond donors (Lipinski definition) is 4. The molecule has 6 nitrogen and oxygen atoms in total. The molecule has 0 aromatic heterocycles. The van der Waals surface area contributed by atoms with Crippen molar-refractivity contribution >= 4 is 6.09 Å². The molecule has 0 fully saturated rings. The molecule has 0 radical (unpaired) electrons. The second kappa shape index (κ2) is 11.3. The van der Waals surface area contributed by atoms with Crippen molar-refractivity contribution < 1.29 is 19.7 Å². The van der Waals surface area contributed by atoms with Crippen LogP contribution in [-0.4, -0.2) is 35.5 Å². The molecule has 1 amide bonds. The summed E-state index contributed by atoms with van der Waals surface area (Å²) in [6.07, 6.45) is -2.31. The van der Waals surface area contributed by atoms with Crippen molar-refractivity contribution in [2.45, 2.75) is 38.7 Å². The van der Waals surface area contributed by atoms with Crippen LogP contribution in [0.1, 0.15) is 36.1 Å². The first-order valence-corrected chi connectivity index (χ1v) is 9.20. The average molecular weight is 372 g/mol. The molecule has 2 atom stereocenters. The van der Waals surface area contributed by atoms with Crippen LogP contribution in [0.4, 0.5) is 4.79 Å².